The summed E-state index contributed by atoms with van der Waals surface area (Å²) in [5.41, 5.74) is -1.20. The van der Waals surface area contributed by atoms with Gasteiger partial charge in [0.2, 0.25) is 0 Å². The number of carbonyl (C=O) groups is 2. The van der Waals surface area contributed by atoms with Gasteiger partial charge in [-0.15, -0.1) is 0 Å². The van der Waals surface area contributed by atoms with Crippen molar-refractivity contribution in [2.75, 3.05) is 39.9 Å². The van der Waals surface area contributed by atoms with E-state index in [1.54, 1.807) is 20.8 Å². The van der Waals surface area contributed by atoms with Crippen LogP contribution in [0.1, 0.15) is 56.8 Å². The van der Waals surface area contributed by atoms with Crippen LogP contribution in [0.2, 0.25) is 5.02 Å². The number of morpholine rings is 1. The van der Waals surface area contributed by atoms with E-state index in [1.165, 1.54) is 11.9 Å². The lowest BCUT2D eigenvalue weighted by Gasteiger charge is -2.34. The highest BCUT2D eigenvalue weighted by Crippen LogP contribution is 2.31. The lowest BCUT2D eigenvalue weighted by Crippen LogP contribution is -2.53. The minimum absolute atomic E-state index is 0.0126. The highest BCUT2D eigenvalue weighted by atomic mass is 35.5. The van der Waals surface area contributed by atoms with Gasteiger partial charge in [-0.05, 0) is 45.6 Å². The van der Waals surface area contributed by atoms with E-state index in [1.807, 2.05) is 4.72 Å². The average molecular weight is 564 g/mol. The molecule has 0 aromatic heterocycles. The van der Waals surface area contributed by atoms with E-state index in [0.29, 0.717) is 12.5 Å². The number of halogens is 2. The van der Waals surface area contributed by atoms with E-state index < -0.39 is 45.3 Å². The third kappa shape index (κ3) is 8.42. The molecule has 0 spiro atoms. The standard InChI is InChI=1S/C24H35ClFN3O7S/c1-24(2,3)36-23(31)28(4)13-17-14-29(9-10-34-17)37(32,33)27-22(30)18-11-19(25)21(12-20(18)26)35-15-16-7-5-6-8-16/h11-12,16-17H,5-10,13-15H2,1-4H3,(H,27,30)/t17-/m1/s1. The number of amides is 2. The lowest BCUT2D eigenvalue weighted by atomic mass is 10.1. The van der Waals surface area contributed by atoms with Gasteiger partial charge < -0.3 is 19.1 Å². The summed E-state index contributed by atoms with van der Waals surface area (Å²) in [7, 11) is -2.82. The number of ether oxygens (including phenoxy) is 3. The van der Waals surface area contributed by atoms with Gasteiger partial charge in [0.15, 0.2) is 0 Å². The molecule has 2 fully saturated rings. The molecule has 1 atom stereocenters. The molecule has 1 aromatic carbocycles. The quantitative estimate of drug-likeness (QED) is 0.514. The van der Waals surface area contributed by atoms with Crippen molar-refractivity contribution >= 4 is 33.8 Å². The van der Waals surface area contributed by atoms with E-state index in [-0.39, 0.29) is 37.0 Å². The minimum Gasteiger partial charge on any atom is -0.492 e. The molecule has 1 aromatic rings. The van der Waals surface area contributed by atoms with E-state index in [2.05, 4.69) is 0 Å². The number of benzene rings is 1. The van der Waals surface area contributed by atoms with E-state index in [0.717, 1.165) is 42.1 Å². The van der Waals surface area contributed by atoms with E-state index in [4.69, 9.17) is 25.8 Å². The van der Waals surface area contributed by atoms with E-state index in [9.17, 15) is 22.4 Å². The van der Waals surface area contributed by atoms with Crippen LogP contribution in [0.15, 0.2) is 12.1 Å². The Morgan fingerprint density at radius 2 is 1.95 bits per heavy atom. The van der Waals surface area contributed by atoms with Gasteiger partial charge in [0.25, 0.3) is 5.91 Å². The molecule has 3 rings (SSSR count). The van der Waals surface area contributed by atoms with Gasteiger partial charge in [0.05, 0.1) is 36.4 Å². The second kappa shape index (κ2) is 12.1. The number of carbonyl (C=O) groups excluding carboxylic acids is 2. The highest BCUT2D eigenvalue weighted by molar-refractivity contribution is 7.87. The SMILES string of the molecule is CN(C[C@@H]1CN(S(=O)(=O)NC(=O)c2cc(Cl)c(OCC3CCCC3)cc2F)CCO1)C(=O)OC(C)(C)C. The molecular weight excluding hydrogens is 529 g/mol. The number of likely N-dealkylation sites (N-methyl/N-ethyl adjacent to an activating group) is 1. The monoisotopic (exact) mass is 563 g/mol. The first-order valence-corrected chi connectivity index (χ1v) is 14.1. The summed E-state index contributed by atoms with van der Waals surface area (Å²) >= 11 is 6.19. The van der Waals surface area contributed by atoms with Crippen molar-refractivity contribution in [1.29, 1.82) is 0 Å². The predicted octanol–water partition coefficient (Wildman–Crippen LogP) is 3.59. The summed E-state index contributed by atoms with van der Waals surface area (Å²) < 4.78 is 59.9. The zero-order chi connectivity index (χ0) is 27.4. The van der Waals surface area contributed by atoms with Gasteiger partial charge in [0.1, 0.15) is 17.2 Å². The largest absolute Gasteiger partial charge is 0.492 e. The maximum Gasteiger partial charge on any atom is 0.410 e. The maximum absolute atomic E-state index is 14.7. The molecule has 1 aliphatic carbocycles. The van der Waals surface area contributed by atoms with Crippen molar-refractivity contribution in [2.45, 2.75) is 58.2 Å². The van der Waals surface area contributed by atoms with Crippen LogP contribution >= 0.6 is 11.6 Å². The molecule has 208 valence electrons. The van der Waals surface area contributed by atoms with Crippen molar-refractivity contribution in [3.05, 3.63) is 28.5 Å². The van der Waals surface area contributed by atoms with Crippen LogP contribution in [-0.2, 0) is 19.7 Å². The van der Waals surface area contributed by atoms with Gasteiger partial charge in [0, 0.05) is 26.2 Å². The molecule has 1 N–H and O–H groups in total. The molecule has 10 nitrogen and oxygen atoms in total. The Hall–Kier alpha value is -2.15. The average Bonchev–Trinajstić information content (AvgIpc) is 3.31. The van der Waals surface area contributed by atoms with Crippen molar-refractivity contribution in [2.24, 2.45) is 5.92 Å². The fourth-order valence-electron chi connectivity index (χ4n) is 4.18. The van der Waals surface area contributed by atoms with Crippen LogP contribution in [0.4, 0.5) is 9.18 Å². The summed E-state index contributed by atoms with van der Waals surface area (Å²) in [4.78, 5) is 26.2. The predicted molar refractivity (Wildman–Crippen MR) is 135 cm³/mol. The Labute approximate surface area is 222 Å². The van der Waals surface area contributed by atoms with Crippen LogP contribution in [0.5, 0.6) is 5.75 Å². The van der Waals surface area contributed by atoms with Gasteiger partial charge >= 0.3 is 16.3 Å². The highest BCUT2D eigenvalue weighted by Gasteiger charge is 2.33. The molecule has 37 heavy (non-hydrogen) atoms. The minimum atomic E-state index is -4.33. The second-order valence-electron chi connectivity index (χ2n) is 10.4. The summed E-state index contributed by atoms with van der Waals surface area (Å²) in [6.07, 6.45) is 3.12. The molecule has 0 radical (unpaired) electrons. The molecule has 1 heterocycles. The van der Waals surface area contributed by atoms with Crippen molar-refractivity contribution in [1.82, 2.24) is 13.9 Å². The van der Waals surface area contributed by atoms with Gasteiger partial charge in [-0.25, -0.2) is 13.9 Å². The first-order valence-electron chi connectivity index (χ1n) is 12.2. The molecule has 2 aliphatic rings. The van der Waals surface area contributed by atoms with Crippen LogP contribution in [0, 0.1) is 11.7 Å². The number of nitrogens with zero attached hydrogens (tertiary/aromatic N) is 2. The Morgan fingerprint density at radius 3 is 2.59 bits per heavy atom. The van der Waals surface area contributed by atoms with E-state index >= 15 is 0 Å². The Balaban J connectivity index is 1.60. The molecule has 1 saturated carbocycles. The second-order valence-corrected chi connectivity index (χ2v) is 12.4. The van der Waals surface area contributed by atoms with Crippen molar-refractivity contribution < 1.29 is 36.6 Å². The molecule has 0 unspecified atom stereocenters. The molecule has 13 heteroatoms. The Kier molecular flexibility index (Phi) is 9.65. The van der Waals surface area contributed by atoms with Crippen molar-refractivity contribution in [3.63, 3.8) is 0 Å². The Morgan fingerprint density at radius 1 is 1.27 bits per heavy atom. The zero-order valence-electron chi connectivity index (χ0n) is 21.6. The molecule has 1 saturated heterocycles. The molecular formula is C24H35ClFN3O7S. The van der Waals surface area contributed by atoms with Crippen LogP contribution in [-0.4, -0.2) is 81.2 Å². The fraction of sp³-hybridized carbons (Fsp3) is 0.667. The fourth-order valence-corrected chi connectivity index (χ4v) is 5.54. The molecule has 2 amide bonds. The lowest BCUT2D eigenvalue weighted by molar-refractivity contribution is -0.0248. The van der Waals surface area contributed by atoms with Gasteiger partial charge in [-0.1, -0.05) is 24.4 Å². The summed E-state index contributed by atoms with van der Waals surface area (Å²) in [5, 5.41) is 0.0126. The zero-order valence-corrected chi connectivity index (χ0v) is 23.2. The van der Waals surface area contributed by atoms with Gasteiger partial charge in [-0.3, -0.25) is 4.79 Å². The van der Waals surface area contributed by atoms with Crippen LogP contribution in [0.25, 0.3) is 0 Å². The third-order valence-corrected chi connectivity index (χ3v) is 7.81. The number of hydrogen-bond acceptors (Lipinski definition) is 7. The third-order valence-electron chi connectivity index (χ3n) is 6.06. The summed E-state index contributed by atoms with van der Waals surface area (Å²) in [5.74, 6) is -1.61. The van der Waals surface area contributed by atoms with Crippen LogP contribution in [0.3, 0.4) is 0 Å². The number of rotatable bonds is 8. The number of hydrogen-bond donors (Lipinski definition) is 1. The smallest absolute Gasteiger partial charge is 0.410 e. The maximum atomic E-state index is 14.7. The first kappa shape index (κ1) is 29.4. The topological polar surface area (TPSA) is 114 Å². The molecule has 0 bridgehead atoms. The molecule has 1 aliphatic heterocycles. The number of nitrogens with one attached hydrogen (secondary N) is 1. The summed E-state index contributed by atoms with van der Waals surface area (Å²) in [6.45, 7) is 5.59. The van der Waals surface area contributed by atoms with Gasteiger partial charge in [-0.2, -0.15) is 12.7 Å². The summed E-state index contributed by atoms with van der Waals surface area (Å²) in [6, 6.07) is 2.06. The van der Waals surface area contributed by atoms with Crippen LogP contribution < -0.4 is 9.46 Å². The Bertz CT molecular complexity index is 1090. The van der Waals surface area contributed by atoms with Crippen molar-refractivity contribution in [3.8, 4) is 5.75 Å². The normalized spacial score (nSPS) is 19.5. The first-order chi connectivity index (χ1) is 17.2.